The molecule has 2 aliphatic heterocycles. The Morgan fingerprint density at radius 1 is 0.343 bits per heavy atom. The second-order valence-electron chi connectivity index (χ2n) is 26.5. The molecule has 6 aromatic heterocycles. The van der Waals surface area contributed by atoms with Crippen molar-refractivity contribution < 1.29 is 8.83 Å². The third-order valence-corrected chi connectivity index (χ3v) is 23.4. The summed E-state index contributed by atoms with van der Waals surface area (Å²) in [4.78, 5) is 16.7. The minimum Gasteiger partial charge on any atom is -0.456 e. The molecule has 10 nitrogen and oxygen atoms in total. The average molecular weight is 1350 g/mol. The molecule has 8 heterocycles. The van der Waals surface area contributed by atoms with Crippen LogP contribution in [0.5, 0.6) is 0 Å². The molecule has 14 aromatic carbocycles. The zero-order chi connectivity index (χ0) is 66.7. The lowest BCUT2D eigenvalue weighted by Gasteiger charge is -2.32. The van der Waals surface area contributed by atoms with Gasteiger partial charge in [0.25, 0.3) is 0 Å². The zero-order valence-corrected chi connectivity index (χ0v) is 56.1. The lowest BCUT2D eigenvalue weighted by molar-refractivity contribution is 0.411. The van der Waals surface area contributed by atoms with Crippen LogP contribution in [0.25, 0.3) is 150 Å². The van der Waals surface area contributed by atoms with Crippen molar-refractivity contribution in [1.82, 2.24) is 25.1 Å². The van der Waals surface area contributed by atoms with Crippen molar-refractivity contribution >= 4 is 168 Å². The van der Waals surface area contributed by atoms with Crippen molar-refractivity contribution in [2.24, 2.45) is 15.0 Å². The number of fused-ring (bicyclic) bond motifs is 18. The van der Waals surface area contributed by atoms with E-state index in [-0.39, 0.29) is 12.3 Å². The van der Waals surface area contributed by atoms with Crippen LogP contribution in [0.1, 0.15) is 51.9 Å². The molecule has 0 bridgehead atoms. The smallest absolute Gasteiger partial charge is 0.160 e. The van der Waals surface area contributed by atoms with Crippen molar-refractivity contribution in [1.29, 1.82) is 0 Å². The first-order valence-corrected chi connectivity index (χ1v) is 36.1. The first-order valence-electron chi connectivity index (χ1n) is 34.5. The van der Waals surface area contributed by atoms with Crippen molar-refractivity contribution in [2.45, 2.75) is 18.5 Å². The molecule has 3 N–H and O–H groups in total. The van der Waals surface area contributed by atoms with E-state index in [2.05, 4.69) is 310 Å². The molecule has 3 atom stereocenters. The molecule has 0 saturated carbocycles. The number of thiophene rings is 2. The minimum atomic E-state index is -0.394. The lowest BCUT2D eigenvalue weighted by atomic mass is 10.00. The average Bonchev–Trinajstić information content (AvgIpc) is 1.57. The summed E-state index contributed by atoms with van der Waals surface area (Å²) in [6, 6.07) is 108. The fraction of sp³-hybridized carbons (Fsp3) is 0.0333. The summed E-state index contributed by atoms with van der Waals surface area (Å²) in [5.41, 5.74) is 18.4. The number of para-hydroxylation sites is 4. The lowest BCUT2D eigenvalue weighted by Crippen LogP contribution is -2.45. The van der Waals surface area contributed by atoms with Gasteiger partial charge >= 0.3 is 0 Å². The highest BCUT2D eigenvalue weighted by atomic mass is 32.1. The fourth-order valence-electron chi connectivity index (χ4n) is 16.4. The van der Waals surface area contributed by atoms with Crippen LogP contribution in [0.4, 0.5) is 0 Å². The largest absolute Gasteiger partial charge is 0.456 e. The van der Waals surface area contributed by atoms with Gasteiger partial charge in [-0.15, -0.1) is 22.7 Å². The van der Waals surface area contributed by atoms with E-state index in [0.29, 0.717) is 5.84 Å². The first-order chi connectivity index (χ1) is 50.6. The Balaban J connectivity index is 0.641. The Morgan fingerprint density at radius 2 is 0.931 bits per heavy atom. The van der Waals surface area contributed by atoms with E-state index in [0.717, 1.165) is 155 Å². The first kappa shape index (κ1) is 57.2. The number of aromatic nitrogens is 2. The second-order valence-corrected chi connectivity index (χ2v) is 28.6. The van der Waals surface area contributed by atoms with E-state index in [1.807, 2.05) is 40.9 Å². The highest BCUT2D eigenvalue weighted by Gasteiger charge is 2.31. The second kappa shape index (κ2) is 22.4. The molecule has 102 heavy (non-hydrogen) atoms. The molecule has 0 saturated heterocycles. The number of hydrogen-bond acceptors (Lipinski definition) is 10. The Bertz CT molecular complexity index is 7030. The van der Waals surface area contributed by atoms with Gasteiger partial charge in [0.15, 0.2) is 5.84 Å². The minimum absolute atomic E-state index is 0.247. The normalized spacial score (nSPS) is 15.8. The molecule has 0 radical (unpaired) electrons. The van der Waals surface area contributed by atoms with Gasteiger partial charge in [0.2, 0.25) is 0 Å². The summed E-state index contributed by atoms with van der Waals surface area (Å²) in [6.07, 6.45) is -1.03. The molecule has 0 fully saturated rings. The molecule has 0 spiro atoms. The SMILES string of the molecule is c1ccc(C2=NC(c3cccc4c3c3ccccc3n4-c3ccc4oc5c(-c6ccc7c(c6)sc6c(C8N=C(c9cccc%10c9c9ccccc9n%10-c9cccc%10oc%11ccccc%11c9%10)NC(c9ccccc9)N8)cccc67)cccc5c4c3)=NC(c3cccc4c3sc3ccccc34)N2)cc1. The number of rotatable bonds is 9. The van der Waals surface area contributed by atoms with Crippen molar-refractivity contribution in [3.8, 4) is 22.5 Å². The number of nitrogens with one attached hydrogen (secondary N) is 3. The number of amidine groups is 3. The standard InChI is InChI=1S/C90H56N8O2S2/c1-3-21-51(22-4-1)85-91-87(95-89(93-85)66-35-16-31-59-56-25-10-14-44-77(56)101-83(59)66)64-33-18-39-71-79(64)61-26-7-11-37-69(61)97(71)54-46-48-75-68(50-54)58-30-15-29-55(82(58)100-75)53-45-47-57-60-32-17-36-67(84(60)102-78(57)49-53)90-94-86(52-23-5-2-6-24-52)92-88(96-90)65-34-19-40-72-80(65)62-27-8-12-38-70(62)98(72)73-41-20-43-76-81(73)63-28-9-13-42-74(63)99-76/h1-50,86,89-90,94H,(H,92,96)(H,91,93,95). The maximum absolute atomic E-state index is 7.01. The maximum atomic E-state index is 7.01. The topological polar surface area (TPSA) is 109 Å². The van der Waals surface area contributed by atoms with E-state index in [4.69, 9.17) is 23.8 Å². The molecular weight excluding hydrogens is 1290 g/mol. The van der Waals surface area contributed by atoms with Crippen molar-refractivity contribution in [3.63, 3.8) is 0 Å². The Kier molecular flexibility index (Phi) is 12.6. The predicted octanol–water partition coefficient (Wildman–Crippen LogP) is 22.9. The van der Waals surface area contributed by atoms with Crippen LogP contribution in [0.3, 0.4) is 0 Å². The summed E-state index contributed by atoms with van der Waals surface area (Å²) >= 11 is 3.64. The van der Waals surface area contributed by atoms with Crippen LogP contribution in [-0.2, 0) is 0 Å². The Hall–Kier alpha value is -12.7. The summed E-state index contributed by atoms with van der Waals surface area (Å²) in [5.74, 6) is 2.29. The number of aliphatic imine (C=N–C) groups is 3. The Morgan fingerprint density at radius 3 is 1.75 bits per heavy atom. The highest BCUT2D eigenvalue weighted by Crippen LogP contribution is 2.47. The number of furan rings is 2. The van der Waals surface area contributed by atoms with Gasteiger partial charge in [0, 0.05) is 117 Å². The maximum Gasteiger partial charge on any atom is 0.160 e. The molecule has 0 aliphatic carbocycles. The van der Waals surface area contributed by atoms with Crippen LogP contribution in [0.2, 0.25) is 0 Å². The number of nitrogens with zero attached hydrogens (tertiary/aromatic N) is 5. The van der Waals surface area contributed by atoms with Crippen LogP contribution in [0.15, 0.2) is 327 Å². The Labute approximate surface area is 590 Å². The third-order valence-electron chi connectivity index (χ3n) is 20.9. The predicted molar refractivity (Wildman–Crippen MR) is 424 cm³/mol. The molecule has 20 aromatic rings. The van der Waals surface area contributed by atoms with Crippen LogP contribution < -0.4 is 16.0 Å². The molecule has 22 rings (SSSR count). The summed E-state index contributed by atoms with van der Waals surface area (Å²) in [6.45, 7) is 0. The molecule has 12 heteroatoms. The quantitative estimate of drug-likeness (QED) is 0.133. The van der Waals surface area contributed by atoms with E-state index in [9.17, 15) is 0 Å². The van der Waals surface area contributed by atoms with Gasteiger partial charge in [0.1, 0.15) is 52.5 Å². The number of hydrogen-bond donors (Lipinski definition) is 3. The molecular formula is C90H56N8O2S2. The zero-order valence-electron chi connectivity index (χ0n) is 54.5. The summed E-state index contributed by atoms with van der Waals surface area (Å²) in [7, 11) is 0. The van der Waals surface area contributed by atoms with Gasteiger partial charge in [-0.2, -0.15) is 0 Å². The van der Waals surface area contributed by atoms with Crippen molar-refractivity contribution in [3.05, 3.63) is 337 Å². The summed E-state index contributed by atoms with van der Waals surface area (Å²) in [5, 5.41) is 25.3. The van der Waals surface area contributed by atoms with Gasteiger partial charge in [-0.25, -0.2) is 15.0 Å². The van der Waals surface area contributed by atoms with E-state index in [1.54, 1.807) is 0 Å². The van der Waals surface area contributed by atoms with Gasteiger partial charge in [0.05, 0.1) is 33.1 Å². The molecule has 3 unspecified atom stereocenters. The van der Waals surface area contributed by atoms with E-state index < -0.39 is 6.17 Å². The van der Waals surface area contributed by atoms with E-state index in [1.165, 1.54) is 40.3 Å². The van der Waals surface area contributed by atoms with Crippen molar-refractivity contribution in [2.75, 3.05) is 0 Å². The molecule has 0 amide bonds. The highest BCUT2D eigenvalue weighted by molar-refractivity contribution is 7.26. The fourth-order valence-corrected chi connectivity index (χ4v) is 18.9. The third kappa shape index (κ3) is 8.70. The van der Waals surface area contributed by atoms with Crippen LogP contribution in [0, 0.1) is 0 Å². The van der Waals surface area contributed by atoms with Gasteiger partial charge in [-0.3, -0.25) is 5.32 Å². The van der Waals surface area contributed by atoms with Crippen LogP contribution >= 0.6 is 22.7 Å². The van der Waals surface area contributed by atoms with Gasteiger partial charge in [-0.1, -0.05) is 231 Å². The van der Waals surface area contributed by atoms with Crippen LogP contribution in [-0.4, -0.2) is 26.6 Å². The number of benzene rings is 14. The monoisotopic (exact) mass is 1340 g/mol. The van der Waals surface area contributed by atoms with E-state index >= 15 is 0 Å². The molecule has 480 valence electrons. The summed E-state index contributed by atoms with van der Waals surface area (Å²) < 4.78 is 23.1. The van der Waals surface area contributed by atoms with Gasteiger partial charge < -0.3 is 28.6 Å². The molecule has 2 aliphatic rings. The van der Waals surface area contributed by atoms with Gasteiger partial charge in [-0.05, 0) is 83.9 Å².